The Balaban J connectivity index is 1.58. The van der Waals surface area contributed by atoms with E-state index in [4.69, 9.17) is 6.42 Å². The summed E-state index contributed by atoms with van der Waals surface area (Å²) in [6.45, 7) is 3.35. The molecule has 24 heavy (non-hydrogen) atoms. The van der Waals surface area contributed by atoms with Crippen molar-refractivity contribution in [1.29, 1.82) is 0 Å². The lowest BCUT2D eigenvalue weighted by atomic mass is 9.95. The van der Waals surface area contributed by atoms with Crippen molar-refractivity contribution in [3.63, 3.8) is 0 Å². The number of fused-ring (bicyclic) bond motifs is 1. The molecule has 1 atom stereocenters. The molecule has 2 aliphatic heterocycles. The lowest BCUT2D eigenvalue weighted by Gasteiger charge is -2.23. The fourth-order valence-corrected chi connectivity index (χ4v) is 3.39. The summed E-state index contributed by atoms with van der Waals surface area (Å²) in [5.74, 6) is 2.63. The maximum atomic E-state index is 13.5. The molecule has 0 fully saturated rings. The Kier molecular flexibility index (Phi) is 4.66. The molecule has 0 bridgehead atoms. The Hall–Kier alpha value is -2.22. The van der Waals surface area contributed by atoms with Gasteiger partial charge >= 0.3 is 0 Å². The van der Waals surface area contributed by atoms with E-state index < -0.39 is 5.66 Å². The van der Waals surface area contributed by atoms with Crippen LogP contribution in [0.4, 0.5) is 4.39 Å². The van der Waals surface area contributed by atoms with Crippen molar-refractivity contribution in [2.24, 2.45) is 10.2 Å². The smallest absolute Gasteiger partial charge is 0.222 e. The summed E-state index contributed by atoms with van der Waals surface area (Å²) in [5.41, 5.74) is 1.74. The summed E-state index contributed by atoms with van der Waals surface area (Å²) in [5, 5.41) is 8.16. The molecule has 0 saturated carbocycles. The van der Waals surface area contributed by atoms with Gasteiger partial charge in [0, 0.05) is 38.8 Å². The number of carbonyl (C=O) groups excluding carboxylic acids is 1. The van der Waals surface area contributed by atoms with E-state index in [0.29, 0.717) is 32.4 Å². The highest BCUT2D eigenvalue weighted by Crippen LogP contribution is 2.38. The number of hydrogen-bond acceptors (Lipinski definition) is 3. The normalized spacial score (nSPS) is 20.9. The Morgan fingerprint density at radius 2 is 2.25 bits per heavy atom. The predicted molar refractivity (Wildman–Crippen MR) is 90.0 cm³/mol. The van der Waals surface area contributed by atoms with E-state index >= 15 is 0 Å². The van der Waals surface area contributed by atoms with Crippen molar-refractivity contribution in [1.82, 2.24) is 4.90 Å². The molecule has 0 spiro atoms. The topological polar surface area (TPSA) is 45.0 Å². The largest absolute Gasteiger partial charge is 0.342 e. The Morgan fingerprint density at radius 1 is 1.46 bits per heavy atom. The summed E-state index contributed by atoms with van der Waals surface area (Å²) in [6, 6.07) is 4.94. The van der Waals surface area contributed by atoms with Crippen molar-refractivity contribution in [2.75, 3.05) is 13.1 Å². The minimum Gasteiger partial charge on any atom is -0.342 e. The van der Waals surface area contributed by atoms with E-state index in [0.717, 1.165) is 24.0 Å². The van der Waals surface area contributed by atoms with Gasteiger partial charge in [-0.1, -0.05) is 13.0 Å². The summed E-state index contributed by atoms with van der Waals surface area (Å²) in [4.78, 5) is 14.5. The van der Waals surface area contributed by atoms with Crippen LogP contribution < -0.4 is 0 Å². The van der Waals surface area contributed by atoms with Gasteiger partial charge in [-0.3, -0.25) is 4.79 Å². The minimum absolute atomic E-state index is 0.118. The number of rotatable bonds is 5. The van der Waals surface area contributed by atoms with Crippen LogP contribution in [-0.2, 0) is 11.2 Å². The maximum absolute atomic E-state index is 13.5. The molecule has 3 rings (SSSR count). The van der Waals surface area contributed by atoms with Crippen molar-refractivity contribution >= 4 is 5.91 Å². The highest BCUT2D eigenvalue weighted by Gasteiger charge is 2.39. The Bertz CT molecular complexity index is 701. The zero-order valence-electron chi connectivity index (χ0n) is 14.0. The number of nitrogens with zero attached hydrogens (tertiary/aromatic N) is 3. The fourth-order valence-electron chi connectivity index (χ4n) is 3.39. The molecule has 2 aliphatic rings. The average molecular weight is 327 g/mol. The molecule has 0 N–H and O–H groups in total. The number of carbonyl (C=O) groups is 1. The quantitative estimate of drug-likeness (QED) is 0.761. The third kappa shape index (κ3) is 3.64. The molecule has 126 valence electrons. The molecule has 0 aromatic heterocycles. The van der Waals surface area contributed by atoms with Gasteiger partial charge in [-0.25, -0.2) is 4.39 Å². The number of hydrogen-bond donors (Lipinski definition) is 0. The van der Waals surface area contributed by atoms with Crippen LogP contribution in [0.5, 0.6) is 0 Å². The van der Waals surface area contributed by atoms with Crippen LogP contribution in [0.1, 0.15) is 49.7 Å². The second kappa shape index (κ2) is 6.72. The highest BCUT2D eigenvalue weighted by atomic mass is 19.1. The average Bonchev–Trinajstić information content (AvgIpc) is 3.36. The number of amides is 1. The van der Waals surface area contributed by atoms with E-state index in [2.05, 4.69) is 16.1 Å². The molecule has 1 aromatic rings. The molecule has 0 saturated heterocycles. The van der Waals surface area contributed by atoms with Gasteiger partial charge in [0.15, 0.2) is 5.66 Å². The van der Waals surface area contributed by atoms with Crippen LogP contribution >= 0.6 is 0 Å². The molecule has 0 aliphatic carbocycles. The zero-order valence-corrected chi connectivity index (χ0v) is 14.0. The molecule has 0 unspecified atom stereocenters. The number of benzene rings is 1. The van der Waals surface area contributed by atoms with Crippen molar-refractivity contribution in [2.45, 2.75) is 50.6 Å². The van der Waals surface area contributed by atoms with Crippen LogP contribution in [0, 0.1) is 18.2 Å². The van der Waals surface area contributed by atoms with Crippen LogP contribution in [0.15, 0.2) is 28.4 Å². The lowest BCUT2D eigenvalue weighted by molar-refractivity contribution is -0.131. The van der Waals surface area contributed by atoms with Gasteiger partial charge < -0.3 is 4.90 Å². The van der Waals surface area contributed by atoms with Crippen LogP contribution in [0.2, 0.25) is 0 Å². The molecule has 1 amide bonds. The van der Waals surface area contributed by atoms with E-state index in [1.165, 1.54) is 6.07 Å². The van der Waals surface area contributed by atoms with Gasteiger partial charge in [-0.05, 0) is 35.6 Å². The van der Waals surface area contributed by atoms with E-state index in [9.17, 15) is 9.18 Å². The highest BCUT2D eigenvalue weighted by molar-refractivity contribution is 5.76. The number of terminal acetylenes is 1. The molecule has 0 radical (unpaired) electrons. The van der Waals surface area contributed by atoms with Crippen LogP contribution in [0.25, 0.3) is 0 Å². The summed E-state index contributed by atoms with van der Waals surface area (Å²) in [7, 11) is 0. The molecule has 5 heteroatoms. The van der Waals surface area contributed by atoms with Crippen LogP contribution in [0.3, 0.4) is 0 Å². The molecule has 2 heterocycles. The van der Waals surface area contributed by atoms with Gasteiger partial charge in [-0.2, -0.15) is 10.2 Å². The Labute approximate surface area is 142 Å². The summed E-state index contributed by atoms with van der Waals surface area (Å²) < 4.78 is 13.5. The second-order valence-electron chi connectivity index (χ2n) is 6.72. The monoisotopic (exact) mass is 327 g/mol. The predicted octanol–water partition coefficient (Wildman–Crippen LogP) is 3.67. The van der Waals surface area contributed by atoms with E-state index in [-0.39, 0.29) is 17.6 Å². The summed E-state index contributed by atoms with van der Waals surface area (Å²) in [6.07, 6.45) is 8.45. The fraction of sp³-hybridized carbons (Fsp3) is 0.526. The van der Waals surface area contributed by atoms with Gasteiger partial charge in [0.2, 0.25) is 5.91 Å². The first-order valence-corrected chi connectivity index (χ1v) is 8.47. The summed E-state index contributed by atoms with van der Waals surface area (Å²) >= 11 is 0. The first-order chi connectivity index (χ1) is 11.5. The minimum atomic E-state index is -0.411. The molecule has 4 nitrogen and oxygen atoms in total. The van der Waals surface area contributed by atoms with E-state index in [1.807, 2.05) is 17.9 Å². The standard InChI is InChI=1S/C19H22FN3O/c1-3-4-9-19(21-22-19)10-7-18(24)23-11-8-15-5-6-16(20)12-17(15)14(2)13-23/h1,5-6,12,14H,4,7-11,13H2,2H3/t14-/m0/s1. The molecule has 1 aromatic carbocycles. The van der Waals surface area contributed by atoms with Crippen molar-refractivity contribution in [3.05, 3.63) is 35.1 Å². The maximum Gasteiger partial charge on any atom is 0.222 e. The van der Waals surface area contributed by atoms with Crippen molar-refractivity contribution in [3.8, 4) is 12.3 Å². The lowest BCUT2D eigenvalue weighted by Crippen LogP contribution is -2.34. The Morgan fingerprint density at radius 3 is 2.96 bits per heavy atom. The second-order valence-corrected chi connectivity index (χ2v) is 6.72. The first-order valence-electron chi connectivity index (χ1n) is 8.47. The first kappa shape index (κ1) is 16.6. The van der Waals surface area contributed by atoms with E-state index in [1.54, 1.807) is 6.07 Å². The van der Waals surface area contributed by atoms with Crippen LogP contribution in [-0.4, -0.2) is 29.6 Å². The molecular formula is C19H22FN3O. The van der Waals surface area contributed by atoms with Gasteiger partial charge in [0.25, 0.3) is 0 Å². The third-order valence-electron chi connectivity index (χ3n) is 4.93. The van der Waals surface area contributed by atoms with Crippen molar-refractivity contribution < 1.29 is 9.18 Å². The SMILES string of the molecule is C#CCCC1(CCC(=O)N2CCc3ccc(F)cc3[C@@H](C)C2)N=N1. The molecular weight excluding hydrogens is 305 g/mol. The third-order valence-corrected chi connectivity index (χ3v) is 4.93. The van der Waals surface area contributed by atoms with Gasteiger partial charge in [-0.15, -0.1) is 12.3 Å². The number of halogens is 1. The van der Waals surface area contributed by atoms with Gasteiger partial charge in [0.1, 0.15) is 5.82 Å². The van der Waals surface area contributed by atoms with Gasteiger partial charge in [0.05, 0.1) is 0 Å². The zero-order chi connectivity index (χ0) is 17.2.